The van der Waals surface area contributed by atoms with Gasteiger partial charge in [-0.3, -0.25) is 9.48 Å². The molecule has 5 nitrogen and oxygen atoms in total. The Bertz CT molecular complexity index is 690. The Hall–Kier alpha value is -2.21. The summed E-state index contributed by atoms with van der Waals surface area (Å²) < 4.78 is 14.5. The van der Waals surface area contributed by atoms with E-state index in [1.807, 2.05) is 13.8 Å². The van der Waals surface area contributed by atoms with E-state index in [1.165, 1.54) is 28.9 Å². The average Bonchev–Trinajstić information content (AvgIpc) is 2.88. The van der Waals surface area contributed by atoms with Crippen LogP contribution in [-0.2, 0) is 12.6 Å². The zero-order valence-electron chi connectivity index (χ0n) is 13.8. The number of carbonyl (C=O) groups is 1. The van der Waals surface area contributed by atoms with E-state index in [4.69, 9.17) is 0 Å². The van der Waals surface area contributed by atoms with E-state index in [-0.39, 0.29) is 24.2 Å². The van der Waals surface area contributed by atoms with Gasteiger partial charge in [0, 0.05) is 7.05 Å². The monoisotopic (exact) mass is 319 g/mol. The first-order chi connectivity index (χ1) is 10.7. The number of nitrogens with one attached hydrogen (secondary N) is 1. The summed E-state index contributed by atoms with van der Waals surface area (Å²) in [7, 11) is 1.71. The van der Waals surface area contributed by atoms with Gasteiger partial charge in [0.2, 0.25) is 0 Å². The van der Waals surface area contributed by atoms with Crippen molar-refractivity contribution in [3.8, 4) is 0 Å². The first-order valence-corrected chi connectivity index (χ1v) is 7.51. The number of rotatable bonds is 5. The average molecular weight is 319 g/mol. The van der Waals surface area contributed by atoms with Crippen molar-refractivity contribution in [2.45, 2.75) is 32.3 Å². The molecule has 0 radical (unpaired) electrons. The van der Waals surface area contributed by atoms with E-state index in [2.05, 4.69) is 10.4 Å². The SMILES string of the molecule is CC(C)c1cc(C(=O)NCC(C)(O)c2ccc(F)cc2)n(C)n1. The van der Waals surface area contributed by atoms with Crippen LogP contribution in [0.5, 0.6) is 0 Å². The van der Waals surface area contributed by atoms with Gasteiger partial charge in [0.05, 0.1) is 12.2 Å². The number of aryl methyl sites for hydroxylation is 1. The lowest BCUT2D eigenvalue weighted by atomic mass is 9.96. The van der Waals surface area contributed by atoms with E-state index in [0.29, 0.717) is 11.3 Å². The van der Waals surface area contributed by atoms with Gasteiger partial charge in [-0.1, -0.05) is 26.0 Å². The van der Waals surface area contributed by atoms with Crippen molar-refractivity contribution >= 4 is 5.91 Å². The maximum absolute atomic E-state index is 13.0. The summed E-state index contributed by atoms with van der Waals surface area (Å²) in [6.07, 6.45) is 0. The molecule has 1 unspecified atom stereocenters. The summed E-state index contributed by atoms with van der Waals surface area (Å²) in [5, 5.41) is 17.5. The van der Waals surface area contributed by atoms with Gasteiger partial charge in [0.25, 0.3) is 5.91 Å². The molecule has 0 aliphatic carbocycles. The van der Waals surface area contributed by atoms with E-state index in [1.54, 1.807) is 20.0 Å². The molecule has 0 spiro atoms. The molecule has 23 heavy (non-hydrogen) atoms. The van der Waals surface area contributed by atoms with E-state index < -0.39 is 5.60 Å². The topological polar surface area (TPSA) is 67.2 Å². The molecule has 0 aliphatic heterocycles. The Kier molecular flexibility index (Phi) is 4.85. The van der Waals surface area contributed by atoms with Gasteiger partial charge >= 0.3 is 0 Å². The van der Waals surface area contributed by atoms with Crippen LogP contribution in [0.2, 0.25) is 0 Å². The third-order valence-electron chi connectivity index (χ3n) is 3.78. The smallest absolute Gasteiger partial charge is 0.269 e. The highest BCUT2D eigenvalue weighted by Crippen LogP contribution is 2.20. The third-order valence-corrected chi connectivity index (χ3v) is 3.78. The van der Waals surface area contributed by atoms with Crippen LogP contribution < -0.4 is 5.32 Å². The lowest BCUT2D eigenvalue weighted by molar-refractivity contribution is 0.0523. The fraction of sp³-hybridized carbons (Fsp3) is 0.412. The molecule has 124 valence electrons. The molecule has 0 aliphatic rings. The van der Waals surface area contributed by atoms with Crippen LogP contribution in [0.25, 0.3) is 0 Å². The number of amides is 1. The summed E-state index contributed by atoms with van der Waals surface area (Å²) >= 11 is 0. The zero-order chi connectivity index (χ0) is 17.2. The van der Waals surface area contributed by atoms with Crippen molar-refractivity contribution < 1.29 is 14.3 Å². The van der Waals surface area contributed by atoms with Crippen molar-refractivity contribution in [3.05, 3.63) is 53.1 Å². The van der Waals surface area contributed by atoms with Crippen LogP contribution >= 0.6 is 0 Å². The number of halogens is 1. The predicted octanol–water partition coefficient (Wildman–Crippen LogP) is 2.32. The zero-order valence-corrected chi connectivity index (χ0v) is 13.8. The fourth-order valence-corrected chi connectivity index (χ4v) is 2.24. The minimum Gasteiger partial charge on any atom is -0.384 e. The lowest BCUT2D eigenvalue weighted by Crippen LogP contribution is -2.39. The number of aromatic nitrogens is 2. The van der Waals surface area contributed by atoms with Crippen LogP contribution in [0.3, 0.4) is 0 Å². The van der Waals surface area contributed by atoms with Gasteiger partial charge in [-0.2, -0.15) is 5.10 Å². The van der Waals surface area contributed by atoms with Gasteiger partial charge in [-0.15, -0.1) is 0 Å². The molecule has 1 atom stereocenters. The van der Waals surface area contributed by atoms with Gasteiger partial charge in [-0.25, -0.2) is 4.39 Å². The van der Waals surface area contributed by atoms with Crippen molar-refractivity contribution in [2.24, 2.45) is 7.05 Å². The fourth-order valence-electron chi connectivity index (χ4n) is 2.24. The number of aliphatic hydroxyl groups is 1. The Morgan fingerprint density at radius 3 is 2.52 bits per heavy atom. The van der Waals surface area contributed by atoms with E-state index in [9.17, 15) is 14.3 Å². The van der Waals surface area contributed by atoms with Gasteiger partial charge in [-0.05, 0) is 36.6 Å². The van der Waals surface area contributed by atoms with Crippen LogP contribution in [0.15, 0.2) is 30.3 Å². The molecular weight excluding hydrogens is 297 g/mol. The van der Waals surface area contributed by atoms with Crippen molar-refractivity contribution in [2.75, 3.05) is 6.54 Å². The number of benzene rings is 1. The number of hydrogen-bond acceptors (Lipinski definition) is 3. The van der Waals surface area contributed by atoms with Crippen molar-refractivity contribution in [3.63, 3.8) is 0 Å². The number of nitrogens with zero attached hydrogens (tertiary/aromatic N) is 2. The van der Waals surface area contributed by atoms with Gasteiger partial charge < -0.3 is 10.4 Å². The van der Waals surface area contributed by atoms with Crippen LogP contribution in [0.4, 0.5) is 4.39 Å². The van der Waals surface area contributed by atoms with Crippen molar-refractivity contribution in [1.29, 1.82) is 0 Å². The highest BCUT2D eigenvalue weighted by Gasteiger charge is 2.25. The second-order valence-corrected chi connectivity index (χ2v) is 6.20. The Balaban J connectivity index is 2.07. The van der Waals surface area contributed by atoms with E-state index >= 15 is 0 Å². The van der Waals surface area contributed by atoms with Crippen LogP contribution in [0, 0.1) is 5.82 Å². The highest BCUT2D eigenvalue weighted by atomic mass is 19.1. The molecule has 1 aromatic carbocycles. The largest absolute Gasteiger partial charge is 0.384 e. The summed E-state index contributed by atoms with van der Waals surface area (Å²) in [4.78, 5) is 12.3. The molecule has 0 saturated heterocycles. The van der Waals surface area contributed by atoms with Crippen LogP contribution in [0.1, 0.15) is 48.4 Å². The molecule has 2 N–H and O–H groups in total. The second-order valence-electron chi connectivity index (χ2n) is 6.20. The Morgan fingerprint density at radius 1 is 1.39 bits per heavy atom. The molecule has 1 amide bonds. The maximum Gasteiger partial charge on any atom is 0.269 e. The summed E-state index contributed by atoms with van der Waals surface area (Å²) in [6, 6.07) is 7.31. The first-order valence-electron chi connectivity index (χ1n) is 7.51. The minimum absolute atomic E-state index is 0.0135. The predicted molar refractivity (Wildman–Crippen MR) is 85.6 cm³/mol. The molecule has 1 heterocycles. The normalized spacial score (nSPS) is 13.9. The highest BCUT2D eigenvalue weighted by molar-refractivity contribution is 5.92. The standard InChI is InChI=1S/C17H22FN3O2/c1-11(2)14-9-15(21(4)20-14)16(22)19-10-17(3,23)12-5-7-13(18)8-6-12/h5-9,11,23H,10H2,1-4H3,(H,19,22). The molecule has 2 rings (SSSR count). The van der Waals surface area contributed by atoms with Gasteiger partial charge in [0.15, 0.2) is 0 Å². The first kappa shape index (κ1) is 17.1. The third kappa shape index (κ3) is 3.96. The lowest BCUT2D eigenvalue weighted by Gasteiger charge is -2.24. The Labute approximate surface area is 135 Å². The van der Waals surface area contributed by atoms with E-state index in [0.717, 1.165) is 5.69 Å². The quantitative estimate of drug-likeness (QED) is 0.889. The summed E-state index contributed by atoms with van der Waals surface area (Å²) in [5.41, 5.74) is 0.515. The molecule has 0 fully saturated rings. The summed E-state index contributed by atoms with van der Waals surface area (Å²) in [5.74, 6) is -0.455. The number of carbonyl (C=O) groups excluding carboxylic acids is 1. The molecule has 0 saturated carbocycles. The molecular formula is C17H22FN3O2. The van der Waals surface area contributed by atoms with Crippen molar-refractivity contribution in [1.82, 2.24) is 15.1 Å². The van der Waals surface area contributed by atoms with Gasteiger partial charge in [0.1, 0.15) is 17.1 Å². The summed E-state index contributed by atoms with van der Waals surface area (Å²) in [6.45, 7) is 5.59. The molecule has 2 aromatic rings. The second kappa shape index (κ2) is 6.50. The van der Waals surface area contributed by atoms with Crippen LogP contribution in [-0.4, -0.2) is 27.3 Å². The number of hydrogen-bond donors (Lipinski definition) is 2. The molecule has 0 bridgehead atoms. The Morgan fingerprint density at radius 2 is 2.00 bits per heavy atom. The molecule has 1 aromatic heterocycles. The molecule has 6 heteroatoms. The minimum atomic E-state index is -1.29. The maximum atomic E-state index is 13.0.